The van der Waals surface area contributed by atoms with Crippen molar-refractivity contribution in [1.82, 2.24) is 16.0 Å². The van der Waals surface area contributed by atoms with E-state index in [9.17, 15) is 9.59 Å². The Hall–Kier alpha value is -2.38. The number of hydrogen-bond donors (Lipinski definition) is 3. The molecule has 2 aromatic rings. The topological polar surface area (TPSA) is 96.3 Å². The molecule has 0 spiro atoms. The molecule has 0 bridgehead atoms. The normalized spacial score (nSPS) is 11.8. The number of benzene rings is 1. The molecule has 2 rings (SSSR count). The summed E-state index contributed by atoms with van der Waals surface area (Å²) >= 11 is 5.77. The first kappa shape index (κ1) is 17.0. The molecule has 0 fully saturated rings. The van der Waals surface area contributed by atoms with Crippen molar-refractivity contribution in [3.63, 3.8) is 0 Å². The maximum Gasteiger partial charge on any atom is 0.265 e. The number of hydrazine groups is 1. The van der Waals surface area contributed by atoms with E-state index in [-0.39, 0.29) is 11.8 Å². The summed E-state index contributed by atoms with van der Waals surface area (Å²) in [5.74, 6) is 0.247. The smallest absolute Gasteiger partial charge is 0.265 e. The number of aryl methyl sites for hydroxylation is 1. The number of carbonyl (C=O) groups excluding carboxylic acids is 2. The Morgan fingerprint density at radius 2 is 2.00 bits per heavy atom. The third-order valence-corrected chi connectivity index (χ3v) is 3.32. The van der Waals surface area contributed by atoms with E-state index >= 15 is 0 Å². The highest BCUT2D eigenvalue weighted by molar-refractivity contribution is 6.30. The van der Waals surface area contributed by atoms with Crippen LogP contribution in [0.4, 0.5) is 5.82 Å². The minimum Gasteiger partial charge on any atom is -0.360 e. The summed E-state index contributed by atoms with van der Waals surface area (Å²) in [5.41, 5.74) is 5.65. The van der Waals surface area contributed by atoms with E-state index < -0.39 is 6.04 Å². The summed E-state index contributed by atoms with van der Waals surface area (Å²) in [6.45, 7) is 3.55. The lowest BCUT2D eigenvalue weighted by Crippen LogP contribution is -2.49. The van der Waals surface area contributed by atoms with Gasteiger partial charge < -0.3 is 9.84 Å². The summed E-state index contributed by atoms with van der Waals surface area (Å²) in [6, 6.07) is 7.43. The molecule has 3 N–H and O–H groups in total. The van der Waals surface area contributed by atoms with Crippen LogP contribution in [0.25, 0.3) is 0 Å². The van der Waals surface area contributed by atoms with Crippen molar-refractivity contribution in [3.8, 4) is 0 Å². The van der Waals surface area contributed by atoms with Gasteiger partial charge >= 0.3 is 0 Å². The van der Waals surface area contributed by atoms with Crippen LogP contribution in [-0.2, 0) is 4.79 Å². The van der Waals surface area contributed by atoms with Crippen molar-refractivity contribution in [2.75, 3.05) is 5.32 Å². The average molecular weight is 337 g/mol. The SMILES string of the molecule is CC[C@H](NNC(=O)c1ccc(Cl)cc1)C(=O)Nc1cc(C)on1. The number of aromatic nitrogens is 1. The zero-order chi connectivity index (χ0) is 16.8. The highest BCUT2D eigenvalue weighted by Gasteiger charge is 2.18. The molecule has 0 aliphatic heterocycles. The second-order valence-corrected chi connectivity index (χ2v) is 5.31. The second kappa shape index (κ2) is 7.75. The van der Waals surface area contributed by atoms with Crippen LogP contribution < -0.4 is 16.2 Å². The first-order valence-electron chi connectivity index (χ1n) is 7.05. The number of carbonyl (C=O) groups is 2. The van der Waals surface area contributed by atoms with Crippen LogP contribution in [0.15, 0.2) is 34.9 Å². The van der Waals surface area contributed by atoms with Gasteiger partial charge in [0.1, 0.15) is 11.8 Å². The van der Waals surface area contributed by atoms with E-state index in [2.05, 4.69) is 21.3 Å². The Kier molecular flexibility index (Phi) is 5.72. The summed E-state index contributed by atoms with van der Waals surface area (Å²) in [7, 11) is 0. The summed E-state index contributed by atoms with van der Waals surface area (Å²) in [5, 5.41) is 6.84. The summed E-state index contributed by atoms with van der Waals surface area (Å²) in [4.78, 5) is 24.1. The van der Waals surface area contributed by atoms with Gasteiger partial charge in [-0.2, -0.15) is 0 Å². The van der Waals surface area contributed by atoms with Gasteiger partial charge in [0, 0.05) is 16.7 Å². The number of halogens is 1. The number of anilines is 1. The van der Waals surface area contributed by atoms with Gasteiger partial charge in [-0.15, -0.1) is 0 Å². The Bertz CT molecular complexity index is 684. The van der Waals surface area contributed by atoms with Crippen molar-refractivity contribution >= 4 is 29.2 Å². The molecule has 23 heavy (non-hydrogen) atoms. The highest BCUT2D eigenvalue weighted by atomic mass is 35.5. The molecule has 2 amide bonds. The zero-order valence-electron chi connectivity index (χ0n) is 12.7. The number of hydrogen-bond acceptors (Lipinski definition) is 5. The standard InChI is InChI=1S/C15H17ClN4O3/c1-3-12(15(22)17-13-8-9(2)23-20-13)18-19-14(21)10-4-6-11(16)7-5-10/h4-8,12,18H,3H2,1-2H3,(H,19,21)(H,17,20,22)/t12-/m0/s1. The lowest BCUT2D eigenvalue weighted by molar-refractivity contribution is -0.118. The van der Waals surface area contributed by atoms with Crippen LogP contribution in [0.1, 0.15) is 29.5 Å². The van der Waals surface area contributed by atoms with Gasteiger partial charge in [-0.3, -0.25) is 15.0 Å². The molecule has 0 aliphatic rings. The Balaban J connectivity index is 1.89. The fourth-order valence-electron chi connectivity index (χ4n) is 1.82. The first-order valence-corrected chi connectivity index (χ1v) is 7.43. The molecular formula is C15H17ClN4O3. The van der Waals surface area contributed by atoms with Gasteiger partial charge in [0.05, 0.1) is 0 Å². The highest BCUT2D eigenvalue weighted by Crippen LogP contribution is 2.10. The van der Waals surface area contributed by atoms with Crippen molar-refractivity contribution in [1.29, 1.82) is 0 Å². The van der Waals surface area contributed by atoms with Crippen molar-refractivity contribution < 1.29 is 14.1 Å². The van der Waals surface area contributed by atoms with Crippen LogP contribution in [0, 0.1) is 6.92 Å². The van der Waals surface area contributed by atoms with Crippen LogP contribution in [-0.4, -0.2) is 23.0 Å². The minimum atomic E-state index is -0.608. The molecule has 0 aliphatic carbocycles. The molecule has 0 saturated heterocycles. The van der Waals surface area contributed by atoms with Gasteiger partial charge in [0.15, 0.2) is 5.82 Å². The molecule has 122 valence electrons. The van der Waals surface area contributed by atoms with Gasteiger partial charge in [0.2, 0.25) is 5.91 Å². The molecule has 0 radical (unpaired) electrons. The Morgan fingerprint density at radius 1 is 1.30 bits per heavy atom. The van der Waals surface area contributed by atoms with Crippen molar-refractivity contribution in [3.05, 3.63) is 46.7 Å². The molecule has 1 heterocycles. The molecule has 1 aromatic carbocycles. The van der Waals surface area contributed by atoms with E-state index in [0.717, 1.165) is 0 Å². The Labute approximate surface area is 138 Å². The van der Waals surface area contributed by atoms with E-state index in [0.29, 0.717) is 28.6 Å². The predicted molar refractivity (Wildman–Crippen MR) is 86.0 cm³/mol. The number of nitrogens with zero attached hydrogens (tertiary/aromatic N) is 1. The molecule has 1 atom stereocenters. The molecule has 1 aromatic heterocycles. The van der Waals surface area contributed by atoms with E-state index in [1.54, 1.807) is 37.3 Å². The minimum absolute atomic E-state index is 0.322. The Morgan fingerprint density at radius 3 is 2.57 bits per heavy atom. The van der Waals surface area contributed by atoms with Gasteiger partial charge in [0.25, 0.3) is 5.91 Å². The van der Waals surface area contributed by atoms with Crippen LogP contribution in [0.3, 0.4) is 0 Å². The summed E-state index contributed by atoms with van der Waals surface area (Å²) < 4.78 is 4.88. The van der Waals surface area contributed by atoms with E-state index in [4.69, 9.17) is 16.1 Å². The maximum atomic E-state index is 12.1. The predicted octanol–water partition coefficient (Wildman–Crippen LogP) is 2.29. The summed E-state index contributed by atoms with van der Waals surface area (Å²) in [6.07, 6.45) is 0.476. The lowest BCUT2D eigenvalue weighted by atomic mass is 10.2. The lowest BCUT2D eigenvalue weighted by Gasteiger charge is -2.16. The van der Waals surface area contributed by atoms with Crippen LogP contribution in [0.5, 0.6) is 0 Å². The van der Waals surface area contributed by atoms with Crippen LogP contribution in [0.2, 0.25) is 5.02 Å². The fraction of sp³-hybridized carbons (Fsp3) is 0.267. The molecule has 0 saturated carbocycles. The number of amides is 2. The van der Waals surface area contributed by atoms with Crippen LogP contribution >= 0.6 is 11.6 Å². The van der Waals surface area contributed by atoms with Gasteiger partial charge in [-0.1, -0.05) is 23.7 Å². The molecule has 0 unspecified atom stereocenters. The molecular weight excluding hydrogens is 320 g/mol. The first-order chi connectivity index (χ1) is 11.0. The maximum absolute atomic E-state index is 12.1. The van der Waals surface area contributed by atoms with E-state index in [1.165, 1.54) is 0 Å². The fourth-order valence-corrected chi connectivity index (χ4v) is 1.94. The van der Waals surface area contributed by atoms with Gasteiger partial charge in [-0.05, 0) is 37.6 Å². The zero-order valence-corrected chi connectivity index (χ0v) is 13.5. The van der Waals surface area contributed by atoms with Crippen molar-refractivity contribution in [2.24, 2.45) is 0 Å². The molecule has 8 heteroatoms. The number of nitrogens with one attached hydrogen (secondary N) is 3. The van der Waals surface area contributed by atoms with E-state index in [1.807, 2.05) is 6.92 Å². The largest absolute Gasteiger partial charge is 0.360 e. The second-order valence-electron chi connectivity index (χ2n) is 4.88. The number of rotatable bonds is 6. The monoisotopic (exact) mass is 336 g/mol. The third-order valence-electron chi connectivity index (χ3n) is 3.07. The molecule has 7 nitrogen and oxygen atoms in total. The average Bonchev–Trinajstić information content (AvgIpc) is 2.93. The quantitative estimate of drug-likeness (QED) is 0.703. The third kappa shape index (κ3) is 4.80. The van der Waals surface area contributed by atoms with Gasteiger partial charge in [-0.25, -0.2) is 5.43 Å². The van der Waals surface area contributed by atoms with Crippen molar-refractivity contribution in [2.45, 2.75) is 26.3 Å².